The summed E-state index contributed by atoms with van der Waals surface area (Å²) in [6.45, 7) is 9.35. The maximum Gasteiger partial charge on any atom is 0.338 e. The van der Waals surface area contributed by atoms with Gasteiger partial charge < -0.3 is 29.7 Å². The van der Waals surface area contributed by atoms with Gasteiger partial charge in [0.25, 0.3) is 0 Å². The van der Waals surface area contributed by atoms with Crippen molar-refractivity contribution in [2.75, 3.05) is 66.6 Å². The van der Waals surface area contributed by atoms with Crippen LogP contribution in [0.4, 0.5) is 9.59 Å². The van der Waals surface area contributed by atoms with E-state index in [2.05, 4.69) is 15.5 Å². The van der Waals surface area contributed by atoms with E-state index in [1.54, 1.807) is 34.9 Å². The minimum atomic E-state index is -0.781. The highest BCUT2D eigenvalue weighted by Gasteiger charge is 2.40. The third kappa shape index (κ3) is 5.67. The highest BCUT2D eigenvalue weighted by Crippen LogP contribution is 2.40. The van der Waals surface area contributed by atoms with Crippen LogP contribution in [0.1, 0.15) is 32.4 Å². The number of para-hydroxylation sites is 1. The second-order valence-corrected chi connectivity index (χ2v) is 8.39. The first-order valence-corrected chi connectivity index (χ1v) is 12.3. The van der Waals surface area contributed by atoms with Gasteiger partial charge in [-0.3, -0.25) is 9.80 Å². The van der Waals surface area contributed by atoms with Crippen LogP contribution in [-0.4, -0.2) is 99.4 Å². The molecule has 0 saturated carbocycles. The maximum absolute atomic E-state index is 13.4. The monoisotopic (exact) mass is 503 g/mol. The fraction of sp³-hybridized carbons (Fsp3) is 0.560. The molecule has 3 rings (SSSR count). The number of benzene rings is 1. The predicted octanol–water partition coefficient (Wildman–Crippen LogP) is 1.95. The SMILES string of the molecule is CCNC(=O)N1CCN(CC2=C(C(=O)OCC)[C@@H](c3cccc(OC)c3OC)NC(=O)N2CC)CC1. The number of piperazine rings is 1. The predicted molar refractivity (Wildman–Crippen MR) is 134 cm³/mol. The maximum atomic E-state index is 13.4. The summed E-state index contributed by atoms with van der Waals surface area (Å²) in [6, 6.07) is 4.18. The summed E-state index contributed by atoms with van der Waals surface area (Å²) >= 11 is 0. The molecule has 1 aromatic rings. The van der Waals surface area contributed by atoms with Crippen molar-refractivity contribution in [3.8, 4) is 11.5 Å². The fourth-order valence-electron chi connectivity index (χ4n) is 4.61. The molecule has 1 saturated heterocycles. The van der Waals surface area contributed by atoms with Crippen molar-refractivity contribution in [2.45, 2.75) is 26.8 Å². The van der Waals surface area contributed by atoms with E-state index in [-0.39, 0.29) is 18.7 Å². The number of carbonyl (C=O) groups is 3. The van der Waals surface area contributed by atoms with Gasteiger partial charge in [0.15, 0.2) is 11.5 Å². The van der Waals surface area contributed by atoms with Gasteiger partial charge in [-0.15, -0.1) is 0 Å². The Balaban J connectivity index is 2.02. The molecule has 0 radical (unpaired) electrons. The molecule has 2 heterocycles. The van der Waals surface area contributed by atoms with Crippen LogP contribution < -0.4 is 20.1 Å². The van der Waals surface area contributed by atoms with Crippen molar-refractivity contribution in [1.82, 2.24) is 25.3 Å². The second kappa shape index (κ2) is 12.5. The van der Waals surface area contributed by atoms with E-state index in [0.29, 0.717) is 74.1 Å². The van der Waals surface area contributed by atoms with Gasteiger partial charge in [0.1, 0.15) is 0 Å². The number of rotatable bonds is 9. The lowest BCUT2D eigenvalue weighted by atomic mass is 9.93. The number of esters is 1. The molecule has 2 aliphatic rings. The Labute approximate surface area is 212 Å². The van der Waals surface area contributed by atoms with E-state index in [1.807, 2.05) is 13.8 Å². The first kappa shape index (κ1) is 27.1. The zero-order valence-electron chi connectivity index (χ0n) is 21.8. The summed E-state index contributed by atoms with van der Waals surface area (Å²) < 4.78 is 16.5. The lowest BCUT2D eigenvalue weighted by molar-refractivity contribution is -0.139. The molecular weight excluding hydrogens is 466 g/mol. The van der Waals surface area contributed by atoms with Crippen molar-refractivity contribution >= 4 is 18.0 Å². The summed E-state index contributed by atoms with van der Waals surface area (Å²) in [4.78, 5) is 44.3. The van der Waals surface area contributed by atoms with Crippen molar-refractivity contribution < 1.29 is 28.6 Å². The number of likely N-dealkylation sites (N-methyl/N-ethyl adjacent to an activating group) is 1. The molecule has 1 fully saturated rings. The van der Waals surface area contributed by atoms with Gasteiger partial charge in [0.05, 0.1) is 32.4 Å². The Morgan fingerprint density at radius 1 is 1.08 bits per heavy atom. The largest absolute Gasteiger partial charge is 0.493 e. The first-order chi connectivity index (χ1) is 17.4. The lowest BCUT2D eigenvalue weighted by Gasteiger charge is -2.40. The fourth-order valence-corrected chi connectivity index (χ4v) is 4.61. The molecule has 2 aliphatic heterocycles. The van der Waals surface area contributed by atoms with E-state index in [0.717, 1.165) is 0 Å². The van der Waals surface area contributed by atoms with Crippen LogP contribution >= 0.6 is 0 Å². The normalized spacial score (nSPS) is 18.6. The van der Waals surface area contributed by atoms with E-state index < -0.39 is 12.0 Å². The molecule has 1 aromatic carbocycles. The van der Waals surface area contributed by atoms with Gasteiger partial charge in [-0.1, -0.05) is 12.1 Å². The quantitative estimate of drug-likeness (QED) is 0.496. The number of hydrogen-bond donors (Lipinski definition) is 2. The van der Waals surface area contributed by atoms with Crippen LogP contribution in [0.25, 0.3) is 0 Å². The Hall–Kier alpha value is -3.47. The molecule has 4 amide bonds. The standard InChI is InChI=1S/C25H37N5O6/c1-6-26-24(32)29-14-12-28(13-15-29)16-18-20(23(31)36-8-3)21(27-25(33)30(18)7-2)17-10-9-11-19(34-4)22(17)35-5/h9-11,21H,6-8,12-16H2,1-5H3,(H,26,32)(H,27,33)/t21-/m1/s1. The minimum absolute atomic E-state index is 0.0824. The molecular formula is C25H37N5O6. The number of methoxy groups -OCH3 is 2. The van der Waals surface area contributed by atoms with Crippen LogP contribution in [0, 0.1) is 0 Å². The minimum Gasteiger partial charge on any atom is -0.493 e. The third-order valence-corrected chi connectivity index (χ3v) is 6.36. The first-order valence-electron chi connectivity index (χ1n) is 12.3. The van der Waals surface area contributed by atoms with Gasteiger partial charge in [-0.25, -0.2) is 14.4 Å². The molecule has 2 N–H and O–H groups in total. The zero-order chi connectivity index (χ0) is 26.2. The number of carbonyl (C=O) groups excluding carboxylic acids is 3. The summed E-state index contributed by atoms with van der Waals surface area (Å²) in [6.07, 6.45) is 0. The smallest absolute Gasteiger partial charge is 0.338 e. The Morgan fingerprint density at radius 3 is 2.39 bits per heavy atom. The van der Waals surface area contributed by atoms with Gasteiger partial charge in [-0.05, 0) is 26.8 Å². The number of nitrogens with zero attached hydrogens (tertiary/aromatic N) is 3. The zero-order valence-corrected chi connectivity index (χ0v) is 21.8. The van der Waals surface area contributed by atoms with Gasteiger partial charge in [-0.2, -0.15) is 0 Å². The molecule has 0 aromatic heterocycles. The molecule has 1 atom stereocenters. The van der Waals surface area contributed by atoms with Crippen molar-refractivity contribution in [3.63, 3.8) is 0 Å². The molecule has 11 nitrogen and oxygen atoms in total. The number of amides is 4. The van der Waals surface area contributed by atoms with E-state index in [9.17, 15) is 14.4 Å². The third-order valence-electron chi connectivity index (χ3n) is 6.36. The lowest BCUT2D eigenvalue weighted by Crippen LogP contribution is -2.55. The molecule has 0 unspecified atom stereocenters. The molecule has 198 valence electrons. The average Bonchev–Trinajstić information content (AvgIpc) is 2.88. The van der Waals surface area contributed by atoms with Gasteiger partial charge >= 0.3 is 18.0 Å². The highest BCUT2D eigenvalue weighted by molar-refractivity contribution is 5.95. The van der Waals surface area contributed by atoms with Crippen LogP contribution in [0.15, 0.2) is 29.5 Å². The molecule has 0 aliphatic carbocycles. The van der Waals surface area contributed by atoms with Crippen molar-refractivity contribution in [1.29, 1.82) is 0 Å². The molecule has 0 bridgehead atoms. The number of hydrogen-bond acceptors (Lipinski definition) is 7. The average molecular weight is 504 g/mol. The Kier molecular flexibility index (Phi) is 9.40. The van der Waals surface area contributed by atoms with Crippen LogP contribution in [0.5, 0.6) is 11.5 Å². The van der Waals surface area contributed by atoms with Crippen molar-refractivity contribution in [3.05, 3.63) is 35.0 Å². The summed E-state index contributed by atoms with van der Waals surface area (Å²) in [5, 5.41) is 5.79. The number of urea groups is 2. The molecule has 0 spiro atoms. The topological polar surface area (TPSA) is 113 Å². The second-order valence-electron chi connectivity index (χ2n) is 8.39. The molecule has 36 heavy (non-hydrogen) atoms. The van der Waals surface area contributed by atoms with E-state index in [4.69, 9.17) is 14.2 Å². The van der Waals surface area contributed by atoms with Crippen LogP contribution in [-0.2, 0) is 9.53 Å². The number of nitrogens with one attached hydrogen (secondary N) is 2. The number of ether oxygens (including phenoxy) is 3. The van der Waals surface area contributed by atoms with Crippen LogP contribution in [0.3, 0.4) is 0 Å². The van der Waals surface area contributed by atoms with Crippen molar-refractivity contribution in [2.24, 2.45) is 0 Å². The van der Waals surface area contributed by atoms with E-state index in [1.165, 1.54) is 14.2 Å². The Bertz CT molecular complexity index is 989. The summed E-state index contributed by atoms with van der Waals surface area (Å²) in [7, 11) is 3.06. The molecule has 11 heteroatoms. The summed E-state index contributed by atoms with van der Waals surface area (Å²) in [5.74, 6) is 0.433. The highest BCUT2D eigenvalue weighted by atomic mass is 16.5. The van der Waals surface area contributed by atoms with Gasteiger partial charge in [0.2, 0.25) is 0 Å². The van der Waals surface area contributed by atoms with E-state index >= 15 is 0 Å². The summed E-state index contributed by atoms with van der Waals surface area (Å²) in [5.41, 5.74) is 1.54. The Morgan fingerprint density at radius 2 is 1.81 bits per heavy atom. The van der Waals surface area contributed by atoms with Gasteiger partial charge in [0, 0.05) is 57.1 Å². The van der Waals surface area contributed by atoms with Crippen LogP contribution in [0.2, 0.25) is 0 Å².